The zero-order chi connectivity index (χ0) is 20.1. The summed E-state index contributed by atoms with van der Waals surface area (Å²) in [4.78, 5) is 0. The average molecular weight is 388 g/mol. The van der Waals surface area contributed by atoms with Gasteiger partial charge in [-0.3, -0.25) is 0 Å². The van der Waals surface area contributed by atoms with Gasteiger partial charge >= 0.3 is 18.5 Å². The highest BCUT2D eigenvalue weighted by Gasteiger charge is 2.50. The molecule has 0 aliphatic heterocycles. The molecule has 0 atom stereocenters. The Morgan fingerprint density at radius 2 is 1.08 bits per heavy atom. The van der Waals surface area contributed by atoms with E-state index < -0.39 is 52.0 Å². The molecule has 0 fully saturated rings. The number of rotatable bonds is 1. The van der Waals surface area contributed by atoms with Gasteiger partial charge in [-0.15, -0.1) is 0 Å². The summed E-state index contributed by atoms with van der Waals surface area (Å²) in [6.07, 6.45) is -16.8. The molecule has 0 aromatic heterocycles. The summed E-state index contributed by atoms with van der Waals surface area (Å²) in [5.74, 6) is 0. The molecule has 2 nitrogen and oxygen atoms in total. The lowest BCUT2D eigenvalue weighted by molar-refractivity contribution is -0.162. The number of nitrogen functional groups attached to an aromatic ring is 2. The normalized spacial score (nSPS) is 13.1. The molecule has 0 aliphatic rings. The van der Waals surface area contributed by atoms with E-state index in [1.807, 2.05) is 0 Å². The predicted octanol–water partition coefficient (Wildman–Crippen LogP) is 5.57. The van der Waals surface area contributed by atoms with Gasteiger partial charge in [-0.05, 0) is 23.8 Å². The summed E-state index contributed by atoms with van der Waals surface area (Å²) in [5.41, 5.74) is -0.596. The number of nitrogens with two attached hydrogens (primary N) is 2. The minimum Gasteiger partial charge on any atom is -0.399 e. The topological polar surface area (TPSA) is 52.0 Å². The number of alkyl halides is 9. The van der Waals surface area contributed by atoms with Crippen LogP contribution in [0.5, 0.6) is 0 Å². The van der Waals surface area contributed by atoms with Gasteiger partial charge in [-0.1, -0.05) is 12.1 Å². The van der Waals surface area contributed by atoms with Crippen LogP contribution < -0.4 is 11.5 Å². The van der Waals surface area contributed by atoms with Gasteiger partial charge < -0.3 is 11.5 Å². The summed E-state index contributed by atoms with van der Waals surface area (Å²) in [6, 6.07) is 3.33. The maximum absolute atomic E-state index is 13.4. The lowest BCUT2D eigenvalue weighted by Crippen LogP contribution is -2.23. The van der Waals surface area contributed by atoms with E-state index in [1.165, 1.54) is 0 Å². The monoisotopic (exact) mass is 388 g/mol. The Bertz CT molecular complexity index is 815. The third kappa shape index (κ3) is 3.65. The van der Waals surface area contributed by atoms with E-state index in [2.05, 4.69) is 0 Å². The molecule has 0 heterocycles. The fourth-order valence-corrected chi connectivity index (χ4v) is 2.47. The van der Waals surface area contributed by atoms with Crippen LogP contribution in [0, 0.1) is 0 Å². The molecule has 0 radical (unpaired) electrons. The zero-order valence-corrected chi connectivity index (χ0v) is 12.4. The summed E-state index contributed by atoms with van der Waals surface area (Å²) < 4.78 is 119. The molecule has 0 saturated carbocycles. The fourth-order valence-electron chi connectivity index (χ4n) is 2.47. The van der Waals surface area contributed by atoms with Crippen LogP contribution >= 0.6 is 0 Å². The molecule has 26 heavy (non-hydrogen) atoms. The smallest absolute Gasteiger partial charge is 0.399 e. The van der Waals surface area contributed by atoms with Gasteiger partial charge in [0.25, 0.3) is 0 Å². The first-order valence-corrected chi connectivity index (χ1v) is 6.68. The Morgan fingerprint density at radius 1 is 0.615 bits per heavy atom. The maximum atomic E-state index is 13.4. The van der Waals surface area contributed by atoms with Crippen molar-refractivity contribution in [3.05, 3.63) is 47.0 Å². The van der Waals surface area contributed by atoms with Crippen molar-refractivity contribution < 1.29 is 39.5 Å². The Labute approximate surface area is 140 Å². The van der Waals surface area contributed by atoms with Gasteiger partial charge in [0.2, 0.25) is 0 Å². The van der Waals surface area contributed by atoms with Gasteiger partial charge in [0.15, 0.2) is 0 Å². The third-order valence-corrected chi connectivity index (χ3v) is 3.43. The molecule has 4 N–H and O–H groups in total. The van der Waals surface area contributed by atoms with E-state index in [-0.39, 0.29) is 11.8 Å². The Morgan fingerprint density at radius 3 is 1.46 bits per heavy atom. The van der Waals surface area contributed by atoms with Gasteiger partial charge in [0.05, 0.1) is 16.7 Å². The first-order valence-electron chi connectivity index (χ1n) is 6.68. The number of benzene rings is 2. The van der Waals surface area contributed by atoms with Crippen molar-refractivity contribution in [2.75, 3.05) is 11.5 Å². The molecule has 11 heteroatoms. The molecule has 0 unspecified atom stereocenters. The molecule has 0 spiro atoms. The van der Waals surface area contributed by atoms with Crippen molar-refractivity contribution in [1.29, 1.82) is 0 Å². The predicted molar refractivity (Wildman–Crippen MR) is 75.7 cm³/mol. The van der Waals surface area contributed by atoms with Crippen LogP contribution in [0.4, 0.5) is 50.9 Å². The molecule has 142 valence electrons. The lowest BCUT2D eigenvalue weighted by atomic mass is 9.88. The minimum absolute atomic E-state index is 0.00218. The standard InChI is InChI=1S/C15H9F9N2/c16-13(17,18)8-5-9(26)11(14(19,20)21)12(15(22,23)24)10(8)6-1-3-7(25)4-2-6/h1-5H,25-26H2. The second-order valence-electron chi connectivity index (χ2n) is 5.25. The average Bonchev–Trinajstić information content (AvgIpc) is 2.44. The molecule has 2 rings (SSSR count). The van der Waals surface area contributed by atoms with Gasteiger partial charge in [0, 0.05) is 16.9 Å². The largest absolute Gasteiger partial charge is 0.419 e. The van der Waals surface area contributed by atoms with Crippen LogP contribution in [-0.2, 0) is 18.5 Å². The quantitative estimate of drug-likeness (QED) is 0.495. The number of halogens is 9. The van der Waals surface area contributed by atoms with Crippen molar-refractivity contribution in [3.63, 3.8) is 0 Å². The van der Waals surface area contributed by atoms with E-state index in [1.54, 1.807) is 0 Å². The SMILES string of the molecule is Nc1ccc(-c2c(C(F)(F)F)cc(N)c(C(F)(F)F)c2C(F)(F)F)cc1. The first kappa shape index (κ1) is 19.7. The zero-order valence-electron chi connectivity index (χ0n) is 12.4. The van der Waals surface area contributed by atoms with E-state index >= 15 is 0 Å². The van der Waals surface area contributed by atoms with E-state index in [4.69, 9.17) is 11.5 Å². The van der Waals surface area contributed by atoms with Crippen LogP contribution in [0.3, 0.4) is 0 Å². The highest BCUT2D eigenvalue weighted by Crippen LogP contribution is 2.51. The Balaban J connectivity index is 3.09. The van der Waals surface area contributed by atoms with Crippen LogP contribution in [0.1, 0.15) is 16.7 Å². The van der Waals surface area contributed by atoms with Crippen LogP contribution in [0.2, 0.25) is 0 Å². The molecular formula is C15H9F9N2. The summed E-state index contributed by atoms with van der Waals surface area (Å²) in [6.45, 7) is 0. The van der Waals surface area contributed by atoms with Crippen LogP contribution in [0.15, 0.2) is 30.3 Å². The lowest BCUT2D eigenvalue weighted by Gasteiger charge is -2.25. The fraction of sp³-hybridized carbons (Fsp3) is 0.200. The molecular weight excluding hydrogens is 379 g/mol. The Hall–Kier alpha value is -2.59. The second kappa shape index (κ2) is 5.99. The van der Waals surface area contributed by atoms with Crippen molar-refractivity contribution in [3.8, 4) is 11.1 Å². The third-order valence-electron chi connectivity index (χ3n) is 3.43. The van der Waals surface area contributed by atoms with Crippen molar-refractivity contribution >= 4 is 11.4 Å². The number of anilines is 2. The van der Waals surface area contributed by atoms with E-state index in [0.29, 0.717) is 0 Å². The second-order valence-corrected chi connectivity index (χ2v) is 5.25. The highest BCUT2D eigenvalue weighted by molar-refractivity contribution is 5.79. The molecule has 0 saturated heterocycles. The van der Waals surface area contributed by atoms with Crippen LogP contribution in [-0.4, -0.2) is 0 Å². The van der Waals surface area contributed by atoms with Gasteiger partial charge in [-0.2, -0.15) is 39.5 Å². The summed E-state index contributed by atoms with van der Waals surface area (Å²) in [7, 11) is 0. The highest BCUT2D eigenvalue weighted by atomic mass is 19.4. The molecule has 0 bridgehead atoms. The van der Waals surface area contributed by atoms with Crippen molar-refractivity contribution in [1.82, 2.24) is 0 Å². The van der Waals surface area contributed by atoms with Crippen LogP contribution in [0.25, 0.3) is 11.1 Å². The molecule has 2 aromatic carbocycles. The molecule has 2 aromatic rings. The minimum atomic E-state index is -5.75. The number of hydrogen-bond acceptors (Lipinski definition) is 2. The van der Waals surface area contributed by atoms with E-state index in [9.17, 15) is 39.5 Å². The Kier molecular flexibility index (Phi) is 4.55. The molecule has 0 aliphatic carbocycles. The van der Waals surface area contributed by atoms with Crippen molar-refractivity contribution in [2.45, 2.75) is 18.5 Å². The first-order chi connectivity index (χ1) is 11.6. The van der Waals surface area contributed by atoms with E-state index in [0.717, 1.165) is 24.3 Å². The molecule has 0 amide bonds. The number of hydrogen-bond donors (Lipinski definition) is 2. The summed E-state index contributed by atoms with van der Waals surface area (Å²) >= 11 is 0. The van der Waals surface area contributed by atoms with Gasteiger partial charge in [0.1, 0.15) is 0 Å². The van der Waals surface area contributed by atoms with Crippen molar-refractivity contribution in [2.24, 2.45) is 0 Å². The van der Waals surface area contributed by atoms with Gasteiger partial charge in [-0.25, -0.2) is 0 Å². The maximum Gasteiger partial charge on any atom is 0.419 e. The summed E-state index contributed by atoms with van der Waals surface area (Å²) in [5, 5.41) is 0.